The van der Waals surface area contributed by atoms with Crippen LogP contribution in [0.1, 0.15) is 12.0 Å². The first-order valence-corrected chi connectivity index (χ1v) is 9.32. The summed E-state index contributed by atoms with van der Waals surface area (Å²) in [4.78, 5) is 0.259. The van der Waals surface area contributed by atoms with Crippen molar-refractivity contribution >= 4 is 16.1 Å². The third-order valence-corrected chi connectivity index (χ3v) is 5.68. The second kappa shape index (κ2) is 8.69. The molecule has 25 heavy (non-hydrogen) atoms. The highest BCUT2D eigenvalue weighted by Crippen LogP contribution is 2.19. The maximum Gasteiger partial charge on any atom is 0.242 e. The van der Waals surface area contributed by atoms with Gasteiger partial charge in [-0.15, -0.1) is 0 Å². The van der Waals surface area contributed by atoms with Crippen LogP contribution in [0.5, 0.6) is 11.5 Å². The maximum absolute atomic E-state index is 12.5. The molecule has 0 unspecified atom stereocenters. The standard InChI is InChI=1S/C19H23NO4S/c1-20(25(21,22)19-13-11-18(24-3)12-14-19)15-5-4-6-16-7-9-17(23-2)10-8-16/h4,6-14H,5,15H2,1-3H3/b6-4+. The van der Waals surface area contributed by atoms with Crippen LogP contribution in [0, 0.1) is 0 Å². The largest absolute Gasteiger partial charge is 0.497 e. The molecular formula is C19H23NO4S. The summed E-state index contributed by atoms with van der Waals surface area (Å²) in [6, 6.07) is 14.1. The molecule has 0 spiro atoms. The number of rotatable bonds is 8. The fraction of sp³-hybridized carbons (Fsp3) is 0.263. The summed E-state index contributed by atoms with van der Waals surface area (Å²) in [6.45, 7) is 0.404. The Morgan fingerprint density at radius 1 is 0.920 bits per heavy atom. The van der Waals surface area contributed by atoms with Crippen LogP contribution in [0.4, 0.5) is 0 Å². The Bertz CT molecular complexity index is 796. The van der Waals surface area contributed by atoms with Crippen molar-refractivity contribution in [2.45, 2.75) is 11.3 Å². The van der Waals surface area contributed by atoms with Gasteiger partial charge in [0.05, 0.1) is 19.1 Å². The van der Waals surface area contributed by atoms with Crippen molar-refractivity contribution in [2.75, 3.05) is 27.8 Å². The lowest BCUT2D eigenvalue weighted by atomic mass is 10.2. The van der Waals surface area contributed by atoms with Crippen LogP contribution in [0.2, 0.25) is 0 Å². The Balaban J connectivity index is 1.93. The van der Waals surface area contributed by atoms with Crippen LogP contribution in [0.15, 0.2) is 59.5 Å². The highest BCUT2D eigenvalue weighted by molar-refractivity contribution is 7.89. The van der Waals surface area contributed by atoms with E-state index in [0.717, 1.165) is 11.3 Å². The van der Waals surface area contributed by atoms with E-state index in [2.05, 4.69) is 0 Å². The molecule has 0 aliphatic carbocycles. The molecule has 0 aliphatic heterocycles. The first kappa shape index (κ1) is 19.0. The van der Waals surface area contributed by atoms with Crippen molar-refractivity contribution in [3.63, 3.8) is 0 Å². The first-order valence-electron chi connectivity index (χ1n) is 7.88. The number of sulfonamides is 1. The number of benzene rings is 2. The van der Waals surface area contributed by atoms with Gasteiger partial charge in [0.15, 0.2) is 0 Å². The quantitative estimate of drug-likeness (QED) is 0.723. The van der Waals surface area contributed by atoms with Gasteiger partial charge >= 0.3 is 0 Å². The zero-order valence-corrected chi connectivity index (χ0v) is 15.5. The summed E-state index contributed by atoms with van der Waals surface area (Å²) in [5.41, 5.74) is 1.04. The summed E-state index contributed by atoms with van der Waals surface area (Å²) >= 11 is 0. The molecule has 0 amide bonds. The number of hydrogen-bond donors (Lipinski definition) is 0. The van der Waals surface area contributed by atoms with Crippen LogP contribution >= 0.6 is 0 Å². The Morgan fingerprint density at radius 2 is 1.44 bits per heavy atom. The molecule has 2 aromatic carbocycles. The van der Waals surface area contributed by atoms with E-state index < -0.39 is 10.0 Å². The van der Waals surface area contributed by atoms with Gasteiger partial charge < -0.3 is 9.47 Å². The number of methoxy groups -OCH3 is 2. The molecule has 0 aliphatic rings. The first-order chi connectivity index (χ1) is 12.0. The van der Waals surface area contributed by atoms with E-state index in [0.29, 0.717) is 18.7 Å². The highest BCUT2D eigenvalue weighted by Gasteiger charge is 2.19. The molecular weight excluding hydrogens is 338 g/mol. The van der Waals surface area contributed by atoms with E-state index in [9.17, 15) is 8.42 Å². The third kappa shape index (κ3) is 5.08. The average molecular weight is 361 g/mol. The SMILES string of the molecule is COc1ccc(/C=C/CCN(C)S(=O)(=O)c2ccc(OC)cc2)cc1. The smallest absolute Gasteiger partial charge is 0.242 e. The molecule has 2 rings (SSSR count). The van der Waals surface area contributed by atoms with Crippen molar-refractivity contribution in [2.24, 2.45) is 0 Å². The molecule has 0 bridgehead atoms. The van der Waals surface area contributed by atoms with Crippen molar-refractivity contribution in [1.82, 2.24) is 4.31 Å². The van der Waals surface area contributed by atoms with Crippen molar-refractivity contribution in [1.29, 1.82) is 0 Å². The minimum Gasteiger partial charge on any atom is -0.497 e. The van der Waals surface area contributed by atoms with Crippen LogP contribution < -0.4 is 9.47 Å². The molecule has 6 heteroatoms. The van der Waals surface area contributed by atoms with E-state index in [4.69, 9.17) is 9.47 Å². The lowest BCUT2D eigenvalue weighted by Crippen LogP contribution is -2.27. The van der Waals surface area contributed by atoms with Gasteiger partial charge in [0.1, 0.15) is 11.5 Å². The van der Waals surface area contributed by atoms with Gasteiger partial charge in [0.2, 0.25) is 10.0 Å². The summed E-state index contributed by atoms with van der Waals surface area (Å²) in [6.07, 6.45) is 4.55. The molecule has 0 heterocycles. The second-order valence-electron chi connectivity index (χ2n) is 5.47. The van der Waals surface area contributed by atoms with Crippen LogP contribution in [0.25, 0.3) is 6.08 Å². The molecule has 0 saturated carbocycles. The summed E-state index contributed by atoms with van der Waals surface area (Å²) in [5, 5.41) is 0. The molecule has 0 fully saturated rings. The molecule has 0 N–H and O–H groups in total. The van der Waals surface area contributed by atoms with E-state index >= 15 is 0 Å². The van der Waals surface area contributed by atoms with Gasteiger partial charge in [-0.05, 0) is 48.4 Å². The fourth-order valence-electron chi connectivity index (χ4n) is 2.24. The monoisotopic (exact) mass is 361 g/mol. The van der Waals surface area contributed by atoms with Crippen molar-refractivity contribution in [3.05, 3.63) is 60.2 Å². The fourth-order valence-corrected chi connectivity index (χ4v) is 3.42. The molecule has 0 atom stereocenters. The summed E-state index contributed by atoms with van der Waals surface area (Å²) < 4.78 is 36.5. The Morgan fingerprint density at radius 3 is 1.96 bits per heavy atom. The molecule has 5 nitrogen and oxygen atoms in total. The second-order valence-corrected chi connectivity index (χ2v) is 7.51. The van der Waals surface area contributed by atoms with Gasteiger partial charge in [-0.1, -0.05) is 24.3 Å². The van der Waals surface area contributed by atoms with Crippen LogP contribution in [-0.4, -0.2) is 40.5 Å². The molecule has 2 aromatic rings. The van der Waals surface area contributed by atoms with Gasteiger partial charge in [0.25, 0.3) is 0 Å². The third-order valence-electron chi connectivity index (χ3n) is 3.80. The Hall–Kier alpha value is -2.31. The van der Waals surface area contributed by atoms with Crippen molar-refractivity contribution in [3.8, 4) is 11.5 Å². The molecule has 134 valence electrons. The summed E-state index contributed by atoms with van der Waals surface area (Å²) in [5.74, 6) is 1.44. The predicted molar refractivity (Wildman–Crippen MR) is 99.5 cm³/mol. The topological polar surface area (TPSA) is 55.8 Å². The van der Waals surface area contributed by atoms with Gasteiger partial charge in [0, 0.05) is 13.6 Å². The normalized spacial score (nSPS) is 11.8. The molecule has 0 aromatic heterocycles. The molecule has 0 radical (unpaired) electrons. The Labute approximate surface area is 149 Å². The van der Waals surface area contributed by atoms with E-state index in [-0.39, 0.29) is 4.90 Å². The van der Waals surface area contributed by atoms with E-state index in [1.165, 1.54) is 4.31 Å². The number of ether oxygens (including phenoxy) is 2. The highest BCUT2D eigenvalue weighted by atomic mass is 32.2. The maximum atomic E-state index is 12.5. The van der Waals surface area contributed by atoms with E-state index in [1.807, 2.05) is 36.4 Å². The summed E-state index contributed by atoms with van der Waals surface area (Å²) in [7, 11) is 1.27. The van der Waals surface area contributed by atoms with Crippen molar-refractivity contribution < 1.29 is 17.9 Å². The van der Waals surface area contributed by atoms with Crippen LogP contribution in [0.3, 0.4) is 0 Å². The van der Waals surface area contributed by atoms with Gasteiger partial charge in [-0.25, -0.2) is 12.7 Å². The van der Waals surface area contributed by atoms with Crippen LogP contribution in [-0.2, 0) is 10.0 Å². The lowest BCUT2D eigenvalue weighted by molar-refractivity contribution is 0.414. The minimum absolute atomic E-state index is 0.259. The Kier molecular flexibility index (Phi) is 6.61. The zero-order valence-electron chi connectivity index (χ0n) is 14.7. The number of nitrogens with zero attached hydrogens (tertiary/aromatic N) is 1. The van der Waals surface area contributed by atoms with E-state index in [1.54, 1.807) is 45.5 Å². The van der Waals surface area contributed by atoms with Gasteiger partial charge in [-0.3, -0.25) is 0 Å². The predicted octanol–water partition coefficient (Wildman–Crippen LogP) is 3.43. The molecule has 0 saturated heterocycles. The van der Waals surface area contributed by atoms with Gasteiger partial charge in [-0.2, -0.15) is 0 Å². The number of hydrogen-bond acceptors (Lipinski definition) is 4. The zero-order chi connectivity index (χ0) is 18.3. The lowest BCUT2D eigenvalue weighted by Gasteiger charge is -2.16. The average Bonchev–Trinajstić information content (AvgIpc) is 2.65. The minimum atomic E-state index is -3.49.